The van der Waals surface area contributed by atoms with Gasteiger partial charge in [-0.3, -0.25) is 0 Å². The van der Waals surface area contributed by atoms with Crippen LogP contribution in [0.5, 0.6) is 5.75 Å². The fourth-order valence-corrected chi connectivity index (χ4v) is 2.72. The summed E-state index contributed by atoms with van der Waals surface area (Å²) in [6, 6.07) is 8.15. The summed E-state index contributed by atoms with van der Waals surface area (Å²) in [5.74, 6) is -2.12. The second-order valence-electron chi connectivity index (χ2n) is 6.70. The molecule has 1 heterocycles. The van der Waals surface area contributed by atoms with Crippen molar-refractivity contribution in [1.82, 2.24) is 9.97 Å². The summed E-state index contributed by atoms with van der Waals surface area (Å²) >= 11 is 5.89. The third kappa shape index (κ3) is 7.21. The van der Waals surface area contributed by atoms with Crippen molar-refractivity contribution in [3.63, 3.8) is 0 Å². The first-order chi connectivity index (χ1) is 16.3. The molecule has 0 amide bonds. The van der Waals surface area contributed by atoms with E-state index in [0.29, 0.717) is 12.1 Å². The molecule has 15 heteroatoms. The van der Waals surface area contributed by atoms with Gasteiger partial charge in [0.05, 0.1) is 12.1 Å². The summed E-state index contributed by atoms with van der Waals surface area (Å²) in [6.07, 6.45) is -13.5. The molecule has 3 rings (SSSR count). The number of halogens is 9. The van der Waals surface area contributed by atoms with E-state index in [0.717, 1.165) is 18.2 Å². The Morgan fingerprint density at radius 2 is 1.66 bits per heavy atom. The molecule has 0 bridgehead atoms. The van der Waals surface area contributed by atoms with Crippen LogP contribution in [0.25, 0.3) is 0 Å². The van der Waals surface area contributed by atoms with Crippen molar-refractivity contribution in [1.29, 1.82) is 0 Å². The molecule has 0 atom stereocenters. The largest absolute Gasteiger partial charge is 0.461 e. The highest BCUT2D eigenvalue weighted by Gasteiger charge is 2.43. The molecule has 2 aromatic carbocycles. The minimum Gasteiger partial charge on any atom is -0.428 e. The Kier molecular flexibility index (Phi) is 7.73. The number of nitrogens with one attached hydrogen (secondary N) is 1. The normalized spacial score (nSPS) is 12.4. The van der Waals surface area contributed by atoms with Crippen LogP contribution in [0.1, 0.15) is 11.1 Å². The average molecular weight is 526 g/mol. The predicted molar refractivity (Wildman–Crippen MR) is 108 cm³/mol. The van der Waals surface area contributed by atoms with Crippen LogP contribution in [-0.2, 0) is 12.7 Å². The summed E-state index contributed by atoms with van der Waals surface area (Å²) in [6.45, 7) is -0.341. The van der Waals surface area contributed by atoms with Gasteiger partial charge in [-0.2, -0.15) is 45.8 Å². The van der Waals surface area contributed by atoms with E-state index in [1.54, 1.807) is 0 Å². The van der Waals surface area contributed by atoms with Crippen LogP contribution in [0.4, 0.5) is 52.6 Å². The molecule has 35 heavy (non-hydrogen) atoms. The van der Waals surface area contributed by atoms with Gasteiger partial charge in [0.1, 0.15) is 22.5 Å². The maximum atomic E-state index is 13.4. The second kappa shape index (κ2) is 10.4. The van der Waals surface area contributed by atoms with Crippen LogP contribution in [0.2, 0.25) is 5.15 Å². The van der Waals surface area contributed by atoms with Crippen LogP contribution in [0, 0.1) is 5.82 Å². The van der Waals surface area contributed by atoms with Gasteiger partial charge < -0.3 is 10.1 Å². The van der Waals surface area contributed by atoms with E-state index in [1.165, 1.54) is 18.2 Å². The van der Waals surface area contributed by atoms with E-state index in [-0.39, 0.29) is 34.7 Å². The summed E-state index contributed by atoms with van der Waals surface area (Å²) < 4.78 is 106. The monoisotopic (exact) mass is 525 g/mol. The number of hydrogen-bond donors (Lipinski definition) is 1. The number of nitrogens with zero attached hydrogens (tertiary/aromatic N) is 4. The Morgan fingerprint density at radius 1 is 0.971 bits per heavy atom. The first-order valence-electron chi connectivity index (χ1n) is 9.33. The highest BCUT2D eigenvalue weighted by molar-refractivity contribution is 6.29. The molecule has 3 aromatic rings. The van der Waals surface area contributed by atoms with Crippen molar-refractivity contribution in [3.05, 3.63) is 70.6 Å². The fourth-order valence-electron chi connectivity index (χ4n) is 2.54. The van der Waals surface area contributed by atoms with E-state index in [1.807, 2.05) is 0 Å². The molecular formula is C20H12ClF8N5O. The highest BCUT2D eigenvalue weighted by atomic mass is 35.5. The smallest absolute Gasteiger partial charge is 0.428 e. The van der Waals surface area contributed by atoms with E-state index >= 15 is 0 Å². The number of hydrogen-bond acceptors (Lipinski definition) is 6. The summed E-state index contributed by atoms with van der Waals surface area (Å²) in [5.41, 5.74) is -1.13. The quantitative estimate of drug-likeness (QED) is 0.187. The topological polar surface area (TPSA) is 71.8 Å². The molecule has 0 fully saturated rings. The number of benzene rings is 2. The van der Waals surface area contributed by atoms with Gasteiger partial charge in [0.25, 0.3) is 5.95 Å². The van der Waals surface area contributed by atoms with Gasteiger partial charge in [0.2, 0.25) is 0 Å². The molecule has 0 aliphatic rings. The van der Waals surface area contributed by atoms with Crippen LogP contribution in [-0.4, -0.2) is 22.5 Å². The molecule has 0 aliphatic carbocycles. The van der Waals surface area contributed by atoms with Crippen molar-refractivity contribution in [2.45, 2.75) is 25.3 Å². The molecule has 0 radical (unpaired) electrons. The second-order valence-corrected chi connectivity index (χ2v) is 7.09. The zero-order valence-corrected chi connectivity index (χ0v) is 17.8. The van der Waals surface area contributed by atoms with E-state index in [9.17, 15) is 35.1 Å². The average Bonchev–Trinajstić information content (AvgIpc) is 2.75. The molecule has 0 saturated heterocycles. The molecule has 186 valence electrons. The molecule has 1 N–H and O–H groups in total. The first kappa shape index (κ1) is 26.1. The van der Waals surface area contributed by atoms with Crippen LogP contribution >= 0.6 is 11.6 Å². The van der Waals surface area contributed by atoms with E-state index in [4.69, 9.17) is 11.6 Å². The van der Waals surface area contributed by atoms with Gasteiger partial charge in [-0.1, -0.05) is 17.7 Å². The Hall–Kier alpha value is -3.55. The number of anilines is 2. The Bertz CT molecular complexity index is 1210. The Morgan fingerprint density at radius 3 is 2.29 bits per heavy atom. The minimum absolute atomic E-state index is 0.0302. The molecular weight excluding hydrogens is 514 g/mol. The van der Waals surface area contributed by atoms with Gasteiger partial charge in [-0.05, 0) is 42.0 Å². The van der Waals surface area contributed by atoms with Crippen molar-refractivity contribution in [2.24, 2.45) is 10.2 Å². The van der Waals surface area contributed by atoms with Crippen LogP contribution < -0.4 is 10.1 Å². The van der Waals surface area contributed by atoms with E-state index in [2.05, 4.69) is 30.3 Å². The van der Waals surface area contributed by atoms with Gasteiger partial charge >= 0.3 is 18.7 Å². The summed E-state index contributed by atoms with van der Waals surface area (Å²) in [4.78, 5) is 7.77. The maximum absolute atomic E-state index is 13.4. The van der Waals surface area contributed by atoms with Gasteiger partial charge in [-0.15, -0.1) is 5.11 Å². The third-order valence-electron chi connectivity index (χ3n) is 4.07. The van der Waals surface area contributed by atoms with Crippen molar-refractivity contribution in [3.8, 4) is 5.75 Å². The zero-order chi connectivity index (χ0) is 25.8. The molecule has 0 saturated carbocycles. The predicted octanol–water partition coefficient (Wildman–Crippen LogP) is 7.55. The lowest BCUT2D eigenvalue weighted by molar-refractivity contribution is -0.253. The Balaban J connectivity index is 1.69. The fraction of sp³-hybridized carbons (Fsp3) is 0.200. The van der Waals surface area contributed by atoms with Crippen molar-refractivity contribution in [2.75, 3.05) is 5.32 Å². The molecule has 1 aromatic heterocycles. The first-order valence-corrected chi connectivity index (χ1v) is 9.71. The lowest BCUT2D eigenvalue weighted by Gasteiger charge is -2.17. The van der Waals surface area contributed by atoms with E-state index < -0.39 is 35.8 Å². The highest BCUT2D eigenvalue weighted by Crippen LogP contribution is 2.32. The molecule has 6 nitrogen and oxygen atoms in total. The SMILES string of the molecule is Fc1ccc(CN=Nc2nc(Cl)cc(Nc3ccc(OC(F)(F)C(F)F)cc3)n2)cc1C(F)(F)F. The Labute approximate surface area is 196 Å². The number of aromatic nitrogens is 2. The van der Waals surface area contributed by atoms with Gasteiger partial charge in [0, 0.05) is 11.8 Å². The number of azo groups is 1. The summed E-state index contributed by atoms with van der Waals surface area (Å²) in [7, 11) is 0. The zero-order valence-electron chi connectivity index (χ0n) is 17.0. The van der Waals surface area contributed by atoms with Crippen molar-refractivity contribution >= 4 is 29.1 Å². The molecule has 0 aliphatic heterocycles. The molecule has 0 spiro atoms. The van der Waals surface area contributed by atoms with Crippen LogP contribution in [0.15, 0.2) is 58.8 Å². The minimum atomic E-state index is -4.87. The van der Waals surface area contributed by atoms with Gasteiger partial charge in [0.15, 0.2) is 0 Å². The lowest BCUT2D eigenvalue weighted by Crippen LogP contribution is -2.33. The number of ether oxygens (including phenoxy) is 1. The standard InChI is InChI=1S/C20H12ClF8N5O/c21-15-8-16(31-11-2-4-12(5-3-11)35-20(28,29)17(23)24)33-18(32-15)34-30-9-10-1-6-14(22)13(7-10)19(25,26)27/h1-8,17H,9H2,(H,31,32,33). The number of rotatable bonds is 8. The molecule has 0 unspecified atom stereocenters. The van der Waals surface area contributed by atoms with Crippen molar-refractivity contribution < 1.29 is 39.9 Å². The third-order valence-corrected chi connectivity index (χ3v) is 4.26. The lowest BCUT2D eigenvalue weighted by atomic mass is 10.1. The van der Waals surface area contributed by atoms with Gasteiger partial charge in [-0.25, -0.2) is 4.39 Å². The maximum Gasteiger partial charge on any atom is 0.461 e. The number of alkyl halides is 7. The summed E-state index contributed by atoms with van der Waals surface area (Å²) in [5, 5.41) is 10.0. The van der Waals surface area contributed by atoms with Crippen LogP contribution in [0.3, 0.4) is 0 Å².